The summed E-state index contributed by atoms with van der Waals surface area (Å²) in [5.74, 6) is 0.894. The van der Waals surface area contributed by atoms with Crippen molar-refractivity contribution in [2.45, 2.75) is 19.1 Å². The van der Waals surface area contributed by atoms with Crippen LogP contribution >= 0.6 is 22.6 Å². The van der Waals surface area contributed by atoms with Crippen molar-refractivity contribution in [3.05, 3.63) is 21.7 Å². The minimum atomic E-state index is -0.719. The number of furan rings is 1. The van der Waals surface area contributed by atoms with Crippen LogP contribution in [0, 0.1) is 3.77 Å². The van der Waals surface area contributed by atoms with Crippen LogP contribution < -0.4 is 5.32 Å². The number of rotatable bonds is 6. The first-order valence-electron chi connectivity index (χ1n) is 5.21. The van der Waals surface area contributed by atoms with Gasteiger partial charge in [0.1, 0.15) is 5.76 Å². The van der Waals surface area contributed by atoms with Gasteiger partial charge in [-0.05, 0) is 55.7 Å². The Hall–Kier alpha value is -0.110. The van der Waals surface area contributed by atoms with Crippen molar-refractivity contribution in [3.8, 4) is 0 Å². The standard InChI is InChI=1S/C11H19IN2O2/c1-11(15,8-14(2)3)7-13-6-9-4-5-10(12)16-9/h4-5,13,15H,6-8H2,1-3H3. The molecule has 16 heavy (non-hydrogen) atoms. The van der Waals surface area contributed by atoms with Crippen LogP contribution in [-0.4, -0.2) is 42.8 Å². The summed E-state index contributed by atoms with van der Waals surface area (Å²) in [6, 6.07) is 3.87. The van der Waals surface area contributed by atoms with Crippen molar-refractivity contribution in [1.82, 2.24) is 10.2 Å². The molecule has 0 radical (unpaired) electrons. The number of aliphatic hydroxyl groups is 1. The number of nitrogens with zero attached hydrogens (tertiary/aromatic N) is 1. The van der Waals surface area contributed by atoms with Gasteiger partial charge in [-0.2, -0.15) is 0 Å². The number of hydrogen-bond donors (Lipinski definition) is 2. The molecule has 0 aliphatic rings. The predicted octanol–water partition coefficient (Wildman–Crippen LogP) is 1.29. The lowest BCUT2D eigenvalue weighted by Gasteiger charge is -2.27. The van der Waals surface area contributed by atoms with Crippen LogP contribution in [0.25, 0.3) is 0 Å². The van der Waals surface area contributed by atoms with E-state index in [0.717, 1.165) is 9.53 Å². The SMILES string of the molecule is CN(C)CC(C)(O)CNCc1ccc(I)o1. The highest BCUT2D eigenvalue weighted by molar-refractivity contribution is 14.1. The molecule has 1 heterocycles. The van der Waals surface area contributed by atoms with Gasteiger partial charge in [-0.1, -0.05) is 0 Å². The Kier molecular flexibility index (Phi) is 5.23. The van der Waals surface area contributed by atoms with Crippen molar-refractivity contribution < 1.29 is 9.52 Å². The molecule has 1 rings (SSSR count). The van der Waals surface area contributed by atoms with E-state index in [9.17, 15) is 5.11 Å². The number of nitrogens with one attached hydrogen (secondary N) is 1. The number of hydrogen-bond acceptors (Lipinski definition) is 4. The topological polar surface area (TPSA) is 48.6 Å². The van der Waals surface area contributed by atoms with Crippen LogP contribution in [0.5, 0.6) is 0 Å². The van der Waals surface area contributed by atoms with Gasteiger partial charge in [-0.15, -0.1) is 0 Å². The maximum Gasteiger partial charge on any atom is 0.164 e. The molecule has 0 spiro atoms. The molecule has 4 nitrogen and oxygen atoms in total. The van der Waals surface area contributed by atoms with E-state index in [1.54, 1.807) is 0 Å². The van der Waals surface area contributed by atoms with Crippen LogP contribution in [0.4, 0.5) is 0 Å². The second-order valence-electron chi connectivity index (χ2n) is 4.54. The van der Waals surface area contributed by atoms with Crippen LogP contribution in [0.2, 0.25) is 0 Å². The summed E-state index contributed by atoms with van der Waals surface area (Å²) in [5.41, 5.74) is -0.719. The van der Waals surface area contributed by atoms with Crippen molar-refractivity contribution in [2.24, 2.45) is 0 Å². The largest absolute Gasteiger partial charge is 0.454 e. The van der Waals surface area contributed by atoms with Gasteiger partial charge >= 0.3 is 0 Å². The fourth-order valence-electron chi connectivity index (χ4n) is 1.64. The van der Waals surface area contributed by atoms with E-state index in [-0.39, 0.29) is 0 Å². The lowest BCUT2D eigenvalue weighted by Crippen LogP contribution is -2.45. The van der Waals surface area contributed by atoms with Gasteiger partial charge in [0, 0.05) is 13.1 Å². The minimum Gasteiger partial charge on any atom is -0.454 e. The van der Waals surface area contributed by atoms with E-state index in [0.29, 0.717) is 19.6 Å². The van der Waals surface area contributed by atoms with Crippen LogP contribution in [0.15, 0.2) is 16.5 Å². The first-order valence-corrected chi connectivity index (χ1v) is 6.29. The van der Waals surface area contributed by atoms with E-state index < -0.39 is 5.60 Å². The van der Waals surface area contributed by atoms with E-state index in [4.69, 9.17) is 4.42 Å². The van der Waals surface area contributed by atoms with Crippen molar-refractivity contribution in [2.75, 3.05) is 27.2 Å². The second-order valence-corrected chi connectivity index (χ2v) is 5.61. The fourth-order valence-corrected chi connectivity index (χ4v) is 2.10. The summed E-state index contributed by atoms with van der Waals surface area (Å²) >= 11 is 2.13. The summed E-state index contributed by atoms with van der Waals surface area (Å²) in [4.78, 5) is 1.97. The Morgan fingerprint density at radius 1 is 1.50 bits per heavy atom. The fraction of sp³-hybridized carbons (Fsp3) is 0.636. The molecule has 0 saturated heterocycles. The molecular formula is C11H19IN2O2. The molecule has 2 N–H and O–H groups in total. The third-order valence-corrected chi connectivity index (χ3v) is 2.67. The highest BCUT2D eigenvalue weighted by Gasteiger charge is 2.20. The van der Waals surface area contributed by atoms with E-state index in [1.165, 1.54) is 0 Å². The number of halogens is 1. The van der Waals surface area contributed by atoms with Gasteiger partial charge in [0.05, 0.1) is 12.1 Å². The molecule has 0 amide bonds. The summed E-state index contributed by atoms with van der Waals surface area (Å²) < 4.78 is 6.30. The van der Waals surface area contributed by atoms with E-state index >= 15 is 0 Å². The van der Waals surface area contributed by atoms with E-state index in [1.807, 2.05) is 38.1 Å². The van der Waals surface area contributed by atoms with Gasteiger partial charge in [0.25, 0.3) is 0 Å². The third kappa shape index (κ3) is 5.29. The molecular weight excluding hydrogens is 319 g/mol. The van der Waals surface area contributed by atoms with Gasteiger partial charge in [0.15, 0.2) is 3.77 Å². The van der Waals surface area contributed by atoms with Crippen LogP contribution in [0.3, 0.4) is 0 Å². The first kappa shape index (κ1) is 14.0. The highest BCUT2D eigenvalue weighted by Crippen LogP contribution is 2.10. The summed E-state index contributed by atoms with van der Waals surface area (Å²) in [5, 5.41) is 13.2. The Bertz CT molecular complexity index is 324. The molecule has 0 aliphatic heterocycles. The Morgan fingerprint density at radius 2 is 2.19 bits per heavy atom. The minimum absolute atomic E-state index is 0.544. The zero-order valence-electron chi connectivity index (χ0n) is 9.96. The molecule has 0 bridgehead atoms. The molecule has 1 unspecified atom stereocenters. The lowest BCUT2D eigenvalue weighted by molar-refractivity contribution is 0.0332. The monoisotopic (exact) mass is 338 g/mol. The van der Waals surface area contributed by atoms with Gasteiger partial charge in [0.2, 0.25) is 0 Å². The Balaban J connectivity index is 2.29. The molecule has 1 atom stereocenters. The van der Waals surface area contributed by atoms with E-state index in [2.05, 4.69) is 27.9 Å². The van der Waals surface area contributed by atoms with Crippen molar-refractivity contribution in [1.29, 1.82) is 0 Å². The summed E-state index contributed by atoms with van der Waals surface area (Å²) in [6.45, 7) is 3.65. The molecule has 0 aromatic carbocycles. The maximum absolute atomic E-state index is 10.0. The van der Waals surface area contributed by atoms with Gasteiger partial charge in [-0.3, -0.25) is 0 Å². The van der Waals surface area contributed by atoms with Gasteiger partial charge < -0.3 is 19.7 Å². The normalized spacial score (nSPS) is 15.4. The first-order chi connectivity index (χ1) is 7.39. The average molecular weight is 338 g/mol. The van der Waals surface area contributed by atoms with Crippen molar-refractivity contribution >= 4 is 22.6 Å². The lowest BCUT2D eigenvalue weighted by atomic mass is 10.1. The predicted molar refractivity (Wildman–Crippen MR) is 72.3 cm³/mol. The Labute approximate surface area is 110 Å². The molecule has 0 aliphatic carbocycles. The molecule has 1 aromatic rings. The zero-order chi connectivity index (χ0) is 12.2. The summed E-state index contributed by atoms with van der Waals surface area (Å²) in [6.07, 6.45) is 0. The summed E-state index contributed by atoms with van der Waals surface area (Å²) in [7, 11) is 3.90. The maximum atomic E-state index is 10.0. The molecule has 0 fully saturated rings. The van der Waals surface area contributed by atoms with Crippen LogP contribution in [-0.2, 0) is 6.54 Å². The van der Waals surface area contributed by atoms with Crippen molar-refractivity contribution in [3.63, 3.8) is 0 Å². The molecule has 5 heteroatoms. The Morgan fingerprint density at radius 3 is 2.69 bits per heavy atom. The quantitative estimate of drug-likeness (QED) is 0.768. The molecule has 92 valence electrons. The zero-order valence-corrected chi connectivity index (χ0v) is 12.1. The molecule has 0 saturated carbocycles. The van der Waals surface area contributed by atoms with Crippen LogP contribution in [0.1, 0.15) is 12.7 Å². The highest BCUT2D eigenvalue weighted by atomic mass is 127. The molecule has 1 aromatic heterocycles. The average Bonchev–Trinajstić information content (AvgIpc) is 2.48. The smallest absolute Gasteiger partial charge is 0.164 e. The number of likely N-dealkylation sites (N-methyl/N-ethyl adjacent to an activating group) is 1. The van der Waals surface area contributed by atoms with Gasteiger partial charge in [-0.25, -0.2) is 0 Å². The second kappa shape index (κ2) is 6.00. The third-order valence-electron chi connectivity index (χ3n) is 2.09.